The third-order valence-corrected chi connectivity index (χ3v) is 4.87. The number of pyridine rings is 1. The molecule has 1 aromatic carbocycles. The average molecular weight is 417 g/mol. The van der Waals surface area contributed by atoms with E-state index in [-0.39, 0.29) is 24.2 Å². The van der Waals surface area contributed by atoms with Gasteiger partial charge in [0.2, 0.25) is 5.82 Å². The first-order valence-electron chi connectivity index (χ1n) is 9.48. The van der Waals surface area contributed by atoms with Crippen LogP contribution in [0.1, 0.15) is 29.5 Å². The van der Waals surface area contributed by atoms with Crippen LogP contribution in [0.25, 0.3) is 0 Å². The molecule has 0 amide bonds. The molecule has 9 heteroatoms. The summed E-state index contributed by atoms with van der Waals surface area (Å²) < 4.78 is 53.5. The number of anilines is 2. The first-order chi connectivity index (χ1) is 14.4. The van der Waals surface area contributed by atoms with E-state index in [2.05, 4.69) is 20.3 Å². The highest BCUT2D eigenvalue weighted by molar-refractivity contribution is 5.52. The summed E-state index contributed by atoms with van der Waals surface area (Å²) in [5, 5.41) is 2.97. The van der Waals surface area contributed by atoms with Crippen molar-refractivity contribution in [3.63, 3.8) is 0 Å². The molecule has 1 saturated carbocycles. The van der Waals surface area contributed by atoms with Crippen LogP contribution in [0.2, 0.25) is 0 Å². The zero-order valence-corrected chi connectivity index (χ0v) is 15.9. The minimum Gasteiger partial charge on any atom is -0.363 e. The summed E-state index contributed by atoms with van der Waals surface area (Å²) in [5.41, 5.74) is 0.868. The number of nitrogens with zero attached hydrogens (tertiary/aromatic N) is 4. The van der Waals surface area contributed by atoms with Gasteiger partial charge in [0.05, 0.1) is 5.56 Å². The normalized spacial score (nSPS) is 13.9. The van der Waals surface area contributed by atoms with Crippen molar-refractivity contribution in [2.24, 2.45) is 0 Å². The molecule has 0 aliphatic heterocycles. The third-order valence-electron chi connectivity index (χ3n) is 4.87. The topological polar surface area (TPSA) is 53.9 Å². The van der Waals surface area contributed by atoms with E-state index in [1.165, 1.54) is 18.5 Å². The molecule has 156 valence electrons. The van der Waals surface area contributed by atoms with E-state index in [1.807, 2.05) is 12.1 Å². The molecule has 1 fully saturated rings. The lowest BCUT2D eigenvalue weighted by molar-refractivity contribution is -0.137. The van der Waals surface area contributed by atoms with Gasteiger partial charge in [-0.25, -0.2) is 9.97 Å². The fourth-order valence-electron chi connectivity index (χ4n) is 3.13. The number of hydrogen-bond donors (Lipinski definition) is 1. The van der Waals surface area contributed by atoms with Gasteiger partial charge >= 0.3 is 6.18 Å². The quantitative estimate of drug-likeness (QED) is 0.559. The molecule has 1 N–H and O–H groups in total. The van der Waals surface area contributed by atoms with Crippen molar-refractivity contribution < 1.29 is 17.6 Å². The molecule has 0 saturated heterocycles. The zero-order chi connectivity index (χ0) is 21.1. The van der Waals surface area contributed by atoms with Crippen molar-refractivity contribution >= 4 is 11.6 Å². The number of alkyl halides is 3. The molecule has 0 unspecified atom stereocenters. The molecule has 0 bridgehead atoms. The maximum absolute atomic E-state index is 15.1. The summed E-state index contributed by atoms with van der Waals surface area (Å²) in [6.45, 7) is 0.638. The molecule has 1 aliphatic carbocycles. The monoisotopic (exact) mass is 417 g/mol. The van der Waals surface area contributed by atoms with Gasteiger partial charge in [-0.05, 0) is 48.2 Å². The molecule has 0 spiro atoms. The van der Waals surface area contributed by atoms with E-state index in [4.69, 9.17) is 0 Å². The molecule has 0 radical (unpaired) electrons. The van der Waals surface area contributed by atoms with Crippen LogP contribution in [0.15, 0.2) is 55.1 Å². The highest BCUT2D eigenvalue weighted by Gasteiger charge is 2.33. The standard InChI is InChI=1S/C21H19F4N5/c22-18-19(27-11-14-7-9-26-10-8-14)28-13-29-20(18)30(17-5-6-17)12-15-1-3-16(4-2-15)21(23,24)25/h1-4,7-10,13,17H,5-6,11-12H2,(H,27,28,29). The number of halogens is 4. The predicted molar refractivity (Wildman–Crippen MR) is 104 cm³/mol. The van der Waals surface area contributed by atoms with Crippen LogP contribution in [0.3, 0.4) is 0 Å². The summed E-state index contributed by atoms with van der Waals surface area (Å²) in [6, 6.07) is 8.64. The molecule has 4 rings (SSSR count). The smallest absolute Gasteiger partial charge is 0.363 e. The van der Waals surface area contributed by atoms with Gasteiger partial charge in [-0.2, -0.15) is 17.6 Å². The maximum atomic E-state index is 15.1. The second-order valence-corrected chi connectivity index (χ2v) is 7.12. The Kier molecular flexibility index (Phi) is 5.52. The van der Waals surface area contributed by atoms with Crippen molar-refractivity contribution in [1.82, 2.24) is 15.0 Å². The summed E-state index contributed by atoms with van der Waals surface area (Å²) in [7, 11) is 0. The number of rotatable bonds is 7. The highest BCUT2D eigenvalue weighted by atomic mass is 19.4. The Morgan fingerprint density at radius 3 is 2.30 bits per heavy atom. The van der Waals surface area contributed by atoms with E-state index in [0.29, 0.717) is 12.1 Å². The SMILES string of the molecule is Fc1c(NCc2ccncc2)ncnc1N(Cc1ccc(C(F)(F)F)cc1)C1CC1. The second-order valence-electron chi connectivity index (χ2n) is 7.12. The van der Waals surface area contributed by atoms with Crippen LogP contribution in [0.5, 0.6) is 0 Å². The molecule has 5 nitrogen and oxygen atoms in total. The molecule has 2 heterocycles. The van der Waals surface area contributed by atoms with Crippen molar-refractivity contribution in [3.8, 4) is 0 Å². The number of nitrogens with one attached hydrogen (secondary N) is 1. The molecular formula is C21H19F4N5. The van der Waals surface area contributed by atoms with Crippen molar-refractivity contribution in [3.05, 3.63) is 77.6 Å². The van der Waals surface area contributed by atoms with Crippen LogP contribution >= 0.6 is 0 Å². The van der Waals surface area contributed by atoms with Crippen molar-refractivity contribution in [2.45, 2.75) is 38.1 Å². The van der Waals surface area contributed by atoms with E-state index < -0.39 is 17.6 Å². The molecular weight excluding hydrogens is 398 g/mol. The van der Waals surface area contributed by atoms with E-state index in [1.54, 1.807) is 17.3 Å². The second kappa shape index (κ2) is 8.25. The summed E-state index contributed by atoms with van der Waals surface area (Å²) in [4.78, 5) is 13.8. The Hall–Kier alpha value is -3.23. The largest absolute Gasteiger partial charge is 0.416 e. The summed E-state index contributed by atoms with van der Waals surface area (Å²) in [5.74, 6) is -0.357. The van der Waals surface area contributed by atoms with Gasteiger partial charge < -0.3 is 10.2 Å². The number of hydrogen-bond acceptors (Lipinski definition) is 5. The first-order valence-corrected chi connectivity index (χ1v) is 9.48. The van der Waals surface area contributed by atoms with Gasteiger partial charge in [0, 0.05) is 31.5 Å². The Balaban J connectivity index is 1.53. The zero-order valence-electron chi connectivity index (χ0n) is 15.9. The van der Waals surface area contributed by atoms with Gasteiger partial charge in [-0.15, -0.1) is 0 Å². The van der Waals surface area contributed by atoms with Crippen LogP contribution in [0, 0.1) is 5.82 Å². The van der Waals surface area contributed by atoms with Gasteiger partial charge in [-0.3, -0.25) is 4.98 Å². The fraction of sp³-hybridized carbons (Fsp3) is 0.286. The van der Waals surface area contributed by atoms with Crippen molar-refractivity contribution in [2.75, 3.05) is 10.2 Å². The van der Waals surface area contributed by atoms with Gasteiger partial charge in [0.1, 0.15) is 6.33 Å². The Morgan fingerprint density at radius 2 is 1.67 bits per heavy atom. The summed E-state index contributed by atoms with van der Waals surface area (Å²) in [6.07, 6.45) is 1.96. The lowest BCUT2D eigenvalue weighted by atomic mass is 10.1. The average Bonchev–Trinajstić information content (AvgIpc) is 3.57. The fourth-order valence-corrected chi connectivity index (χ4v) is 3.13. The summed E-state index contributed by atoms with van der Waals surface area (Å²) >= 11 is 0. The van der Waals surface area contributed by atoms with Gasteiger partial charge in [0.25, 0.3) is 0 Å². The number of aromatic nitrogens is 3. The lowest BCUT2D eigenvalue weighted by Crippen LogP contribution is -2.27. The van der Waals surface area contributed by atoms with Gasteiger partial charge in [-0.1, -0.05) is 12.1 Å². The van der Waals surface area contributed by atoms with Gasteiger partial charge in [0.15, 0.2) is 11.6 Å². The Morgan fingerprint density at radius 1 is 0.967 bits per heavy atom. The third kappa shape index (κ3) is 4.67. The lowest BCUT2D eigenvalue weighted by Gasteiger charge is -2.24. The van der Waals surface area contributed by atoms with Crippen molar-refractivity contribution in [1.29, 1.82) is 0 Å². The van der Waals surface area contributed by atoms with Crippen LogP contribution in [-0.4, -0.2) is 21.0 Å². The Labute approximate surface area is 170 Å². The van der Waals surface area contributed by atoms with E-state index in [0.717, 1.165) is 30.5 Å². The van der Waals surface area contributed by atoms with E-state index in [9.17, 15) is 13.2 Å². The molecule has 1 aliphatic rings. The number of benzene rings is 1. The maximum Gasteiger partial charge on any atom is 0.416 e. The predicted octanol–water partition coefficient (Wildman–Crippen LogP) is 4.81. The Bertz CT molecular complexity index is 989. The van der Waals surface area contributed by atoms with Crippen LogP contribution in [0.4, 0.5) is 29.2 Å². The molecule has 0 atom stereocenters. The highest BCUT2D eigenvalue weighted by Crippen LogP contribution is 2.35. The first kappa shape index (κ1) is 20.1. The van der Waals surface area contributed by atoms with Crippen LogP contribution in [-0.2, 0) is 19.3 Å². The minimum absolute atomic E-state index is 0.0786. The minimum atomic E-state index is -4.39. The van der Waals surface area contributed by atoms with Crippen LogP contribution < -0.4 is 10.2 Å². The molecule has 2 aromatic heterocycles. The molecule has 30 heavy (non-hydrogen) atoms. The molecule has 3 aromatic rings. The van der Waals surface area contributed by atoms with E-state index >= 15 is 4.39 Å².